The fourth-order valence-electron chi connectivity index (χ4n) is 3.09. The minimum absolute atomic E-state index is 0.0702. The Bertz CT molecular complexity index is 899. The predicted octanol–water partition coefficient (Wildman–Crippen LogP) is 3.47. The zero-order valence-corrected chi connectivity index (χ0v) is 14.6. The molecule has 0 aliphatic rings. The number of rotatable bonds is 6. The number of para-hydroxylation sites is 2. The summed E-state index contributed by atoms with van der Waals surface area (Å²) in [5.74, 6) is 0.865. The lowest BCUT2D eigenvalue weighted by Crippen LogP contribution is -2.09. The van der Waals surface area contributed by atoms with Gasteiger partial charge >= 0.3 is 0 Å². The molecule has 2 N–H and O–H groups in total. The van der Waals surface area contributed by atoms with Crippen LogP contribution in [0.4, 0.5) is 5.69 Å². The monoisotopic (exact) mass is 337 g/mol. The molecule has 1 heterocycles. The summed E-state index contributed by atoms with van der Waals surface area (Å²) in [5, 5.41) is 12.1. The van der Waals surface area contributed by atoms with Crippen LogP contribution in [0.15, 0.2) is 42.5 Å². The maximum atomic E-state index is 11.4. The van der Waals surface area contributed by atoms with E-state index in [1.165, 1.54) is 6.92 Å². The number of hydrogen-bond acceptors (Lipinski definition) is 3. The summed E-state index contributed by atoms with van der Waals surface area (Å²) in [6.07, 6.45) is 2.20. The molecule has 0 aliphatic heterocycles. The van der Waals surface area contributed by atoms with Gasteiger partial charge in [0.15, 0.2) is 0 Å². The van der Waals surface area contributed by atoms with Gasteiger partial charge in [0.2, 0.25) is 5.91 Å². The number of aryl methyl sites for hydroxylation is 2. The van der Waals surface area contributed by atoms with Crippen molar-refractivity contribution in [1.82, 2.24) is 9.55 Å². The van der Waals surface area contributed by atoms with Crippen molar-refractivity contribution in [3.05, 3.63) is 53.9 Å². The number of hydrogen-bond donors (Lipinski definition) is 2. The van der Waals surface area contributed by atoms with E-state index in [4.69, 9.17) is 4.98 Å². The molecular weight excluding hydrogens is 314 g/mol. The lowest BCUT2D eigenvalue weighted by Gasteiger charge is -2.14. The number of anilines is 1. The highest BCUT2D eigenvalue weighted by Gasteiger charge is 2.13. The van der Waals surface area contributed by atoms with Crippen molar-refractivity contribution >= 4 is 22.6 Å². The third-order valence-corrected chi connectivity index (χ3v) is 4.23. The summed E-state index contributed by atoms with van der Waals surface area (Å²) in [6, 6.07) is 14.1. The summed E-state index contributed by atoms with van der Waals surface area (Å²) >= 11 is 0. The Morgan fingerprint density at radius 2 is 2.04 bits per heavy atom. The van der Waals surface area contributed by atoms with Crippen LogP contribution < -0.4 is 5.32 Å². The molecule has 0 fully saturated rings. The Balaban J connectivity index is 2.13. The molecule has 25 heavy (non-hydrogen) atoms. The molecule has 5 nitrogen and oxygen atoms in total. The van der Waals surface area contributed by atoms with Crippen molar-refractivity contribution in [3.63, 3.8) is 0 Å². The second-order valence-corrected chi connectivity index (χ2v) is 6.06. The molecule has 3 aromatic rings. The first kappa shape index (κ1) is 17.2. The number of carbonyl (C=O) groups is 1. The van der Waals surface area contributed by atoms with Crippen molar-refractivity contribution in [1.29, 1.82) is 0 Å². The number of aliphatic hydroxyl groups excluding tert-OH is 1. The summed E-state index contributed by atoms with van der Waals surface area (Å²) in [5.41, 5.74) is 4.94. The van der Waals surface area contributed by atoms with E-state index in [1.54, 1.807) is 0 Å². The number of nitrogens with zero attached hydrogens (tertiary/aromatic N) is 2. The lowest BCUT2D eigenvalue weighted by molar-refractivity contribution is -0.114. The lowest BCUT2D eigenvalue weighted by atomic mass is 10.1. The Hall–Kier alpha value is -2.66. The maximum absolute atomic E-state index is 11.4. The number of imidazole rings is 1. The fourth-order valence-corrected chi connectivity index (χ4v) is 3.09. The molecule has 3 rings (SSSR count). The number of aromatic nitrogens is 2. The van der Waals surface area contributed by atoms with Crippen LogP contribution in [0.2, 0.25) is 0 Å². The van der Waals surface area contributed by atoms with Crippen LogP contribution >= 0.6 is 0 Å². The van der Waals surface area contributed by atoms with Gasteiger partial charge in [0, 0.05) is 31.3 Å². The zero-order valence-electron chi connectivity index (χ0n) is 14.6. The van der Waals surface area contributed by atoms with Crippen LogP contribution in [0.5, 0.6) is 0 Å². The third-order valence-electron chi connectivity index (χ3n) is 4.23. The van der Waals surface area contributed by atoms with E-state index < -0.39 is 0 Å². The van der Waals surface area contributed by atoms with Gasteiger partial charge in [0.05, 0.1) is 11.0 Å². The molecule has 0 radical (unpaired) electrons. The van der Waals surface area contributed by atoms with Crippen molar-refractivity contribution in [2.24, 2.45) is 0 Å². The molecule has 130 valence electrons. The van der Waals surface area contributed by atoms with E-state index in [0.29, 0.717) is 12.8 Å². The second-order valence-electron chi connectivity index (χ2n) is 6.06. The van der Waals surface area contributed by atoms with Gasteiger partial charge in [-0.3, -0.25) is 9.36 Å². The van der Waals surface area contributed by atoms with Gasteiger partial charge in [0.1, 0.15) is 5.82 Å². The molecule has 0 aliphatic carbocycles. The van der Waals surface area contributed by atoms with Crippen molar-refractivity contribution < 1.29 is 9.90 Å². The molecule has 0 saturated heterocycles. The van der Waals surface area contributed by atoms with E-state index in [2.05, 4.69) is 28.9 Å². The van der Waals surface area contributed by atoms with Gasteiger partial charge in [-0.1, -0.05) is 19.1 Å². The highest BCUT2D eigenvalue weighted by Crippen LogP contribution is 2.26. The number of carbonyl (C=O) groups excluding carboxylic acids is 1. The predicted molar refractivity (Wildman–Crippen MR) is 100 cm³/mol. The molecule has 5 heteroatoms. The average Bonchev–Trinajstić information content (AvgIpc) is 2.98. The first-order chi connectivity index (χ1) is 12.1. The van der Waals surface area contributed by atoms with Crippen LogP contribution in [0, 0.1) is 0 Å². The molecular formula is C20H23N3O2. The quantitative estimate of drug-likeness (QED) is 0.724. The summed E-state index contributed by atoms with van der Waals surface area (Å²) < 4.78 is 2.14. The smallest absolute Gasteiger partial charge is 0.221 e. The molecule has 0 spiro atoms. The fraction of sp³-hybridized carbons (Fsp3) is 0.300. The van der Waals surface area contributed by atoms with E-state index in [1.807, 2.05) is 30.3 Å². The molecule has 1 aromatic heterocycles. The number of nitrogens with one attached hydrogen (secondary N) is 1. The van der Waals surface area contributed by atoms with E-state index in [0.717, 1.165) is 40.2 Å². The van der Waals surface area contributed by atoms with E-state index in [-0.39, 0.29) is 12.5 Å². The number of benzene rings is 2. The highest BCUT2D eigenvalue weighted by atomic mass is 16.2. The number of fused-ring (bicyclic) bond motifs is 1. The molecule has 2 aromatic carbocycles. The molecule has 0 atom stereocenters. The normalized spacial score (nSPS) is 11.0. The first-order valence-corrected chi connectivity index (χ1v) is 8.62. The molecule has 1 amide bonds. The Morgan fingerprint density at radius 3 is 2.76 bits per heavy atom. The van der Waals surface area contributed by atoms with E-state index in [9.17, 15) is 9.90 Å². The minimum Gasteiger partial charge on any atom is -0.396 e. The summed E-state index contributed by atoms with van der Waals surface area (Å²) in [7, 11) is 0. The van der Waals surface area contributed by atoms with Crippen LogP contribution in [0.25, 0.3) is 16.7 Å². The highest BCUT2D eigenvalue weighted by molar-refractivity contribution is 5.90. The van der Waals surface area contributed by atoms with Gasteiger partial charge < -0.3 is 10.4 Å². The van der Waals surface area contributed by atoms with Crippen LogP contribution in [-0.2, 0) is 17.6 Å². The summed E-state index contributed by atoms with van der Waals surface area (Å²) in [6.45, 7) is 3.73. The van der Waals surface area contributed by atoms with Gasteiger partial charge in [-0.2, -0.15) is 0 Å². The number of aliphatic hydroxyl groups is 1. The van der Waals surface area contributed by atoms with Crippen molar-refractivity contribution in [2.75, 3.05) is 11.9 Å². The first-order valence-electron chi connectivity index (χ1n) is 8.62. The second kappa shape index (κ2) is 7.49. The average molecular weight is 337 g/mol. The summed E-state index contributed by atoms with van der Waals surface area (Å²) in [4.78, 5) is 16.1. The van der Waals surface area contributed by atoms with Crippen LogP contribution in [-0.4, -0.2) is 27.2 Å². The van der Waals surface area contributed by atoms with Gasteiger partial charge in [-0.25, -0.2) is 4.98 Å². The Kier molecular flexibility index (Phi) is 5.14. The van der Waals surface area contributed by atoms with Gasteiger partial charge in [0.25, 0.3) is 0 Å². The van der Waals surface area contributed by atoms with Gasteiger partial charge in [-0.15, -0.1) is 0 Å². The van der Waals surface area contributed by atoms with Crippen LogP contribution in [0.3, 0.4) is 0 Å². The SMILES string of the molecule is CCc1cc(-n2c(CCCO)nc3ccccc32)ccc1NC(C)=O. The maximum Gasteiger partial charge on any atom is 0.221 e. The topological polar surface area (TPSA) is 67.2 Å². The number of amides is 1. The Labute approximate surface area is 147 Å². The molecule has 0 unspecified atom stereocenters. The van der Waals surface area contributed by atoms with Crippen molar-refractivity contribution in [2.45, 2.75) is 33.1 Å². The largest absolute Gasteiger partial charge is 0.396 e. The third kappa shape index (κ3) is 3.56. The van der Waals surface area contributed by atoms with E-state index >= 15 is 0 Å². The van der Waals surface area contributed by atoms with Crippen LogP contribution in [0.1, 0.15) is 31.7 Å². The minimum atomic E-state index is -0.0702. The van der Waals surface area contributed by atoms with Crippen molar-refractivity contribution in [3.8, 4) is 5.69 Å². The molecule has 0 saturated carbocycles. The Morgan fingerprint density at radius 1 is 1.24 bits per heavy atom. The standard InChI is InChI=1S/C20H23N3O2/c1-3-15-13-16(10-11-17(15)21-14(2)25)23-19-8-5-4-7-18(19)22-20(23)9-6-12-24/h4-5,7-8,10-11,13,24H,3,6,9,12H2,1-2H3,(H,21,25). The van der Waals surface area contributed by atoms with Gasteiger partial charge in [-0.05, 0) is 48.7 Å². The zero-order chi connectivity index (χ0) is 17.8. The molecule has 0 bridgehead atoms.